The van der Waals surface area contributed by atoms with Gasteiger partial charge < -0.3 is 43.2 Å². The highest BCUT2D eigenvalue weighted by Gasteiger charge is 2.44. The van der Waals surface area contributed by atoms with Crippen LogP contribution in [0, 0.1) is 6.92 Å². The first-order valence-electron chi connectivity index (χ1n) is 38.3. The molecule has 18 nitrogen and oxygen atoms in total. The number of pyridine rings is 2. The Balaban J connectivity index is 0.000000319. The molecule has 0 saturated carbocycles. The number of amides is 1. The third-order valence-electron chi connectivity index (χ3n) is 16.5. The number of alkyl halides is 21. The van der Waals surface area contributed by atoms with Gasteiger partial charge in [0.1, 0.15) is 46.0 Å². The summed E-state index contributed by atoms with van der Waals surface area (Å²) >= 11 is 0. The lowest BCUT2D eigenvalue weighted by Gasteiger charge is -2.25. The monoisotopic (exact) mass is 1930 g/mol. The van der Waals surface area contributed by atoms with Gasteiger partial charge in [-0.1, -0.05) is 210 Å². The molecular formula is C91H90F21N3O15S2. The lowest BCUT2D eigenvalue weighted by Crippen LogP contribution is -2.30. The number of rotatable bonds is 19. The maximum atomic E-state index is 12.8. The van der Waals surface area contributed by atoms with E-state index in [0.717, 1.165) is 51.7 Å². The van der Waals surface area contributed by atoms with Crippen LogP contribution in [0.4, 0.5) is 97.9 Å². The smallest absolute Gasteiger partial charge is 0.435 e. The van der Waals surface area contributed by atoms with Gasteiger partial charge >= 0.3 is 79.7 Å². The summed E-state index contributed by atoms with van der Waals surface area (Å²) in [5.74, 6) is -3.00. The number of carbonyl (C=O) groups excluding carboxylic acids is 2. The fraction of sp³-hybridized carbons (Fsp3) is 0.297. The number of nitrogens with zero attached hydrogens (tertiary/aromatic N) is 2. The number of anilines is 1. The molecule has 11 aromatic rings. The summed E-state index contributed by atoms with van der Waals surface area (Å²) in [5.41, 5.74) is 0.585. The predicted octanol–water partition coefficient (Wildman–Crippen LogP) is 26.7. The Hall–Kier alpha value is -12.5. The van der Waals surface area contributed by atoms with E-state index in [1.165, 1.54) is 110 Å². The number of aryl methyl sites for hydroxylation is 1. The molecule has 41 heteroatoms. The Bertz CT molecular complexity index is 5690. The summed E-state index contributed by atoms with van der Waals surface area (Å²) in [6.07, 6.45) is -8.10. The van der Waals surface area contributed by atoms with Gasteiger partial charge in [0.05, 0.1) is 26.9 Å². The number of fused-ring (bicyclic) bond motifs is 1. The fourth-order valence-corrected chi connectivity index (χ4v) is 11.8. The summed E-state index contributed by atoms with van der Waals surface area (Å²) in [4.78, 5) is 29.9. The third kappa shape index (κ3) is 40.0. The van der Waals surface area contributed by atoms with Crippen molar-refractivity contribution in [1.29, 1.82) is 0 Å². The number of esters is 1. The predicted molar refractivity (Wildman–Crippen MR) is 451 cm³/mol. The van der Waals surface area contributed by atoms with E-state index in [1.807, 2.05) is 111 Å². The number of halogens is 21. The average Bonchev–Trinajstić information content (AvgIpc) is 0.799. The Labute approximate surface area is 746 Å². The van der Waals surface area contributed by atoms with Crippen molar-refractivity contribution in [2.45, 2.75) is 186 Å². The molecule has 2 aromatic heterocycles. The van der Waals surface area contributed by atoms with Gasteiger partial charge in [-0.25, -0.2) is 8.42 Å². The van der Waals surface area contributed by atoms with Crippen molar-refractivity contribution in [2.75, 3.05) is 5.32 Å². The zero-order chi connectivity index (χ0) is 99.9. The van der Waals surface area contributed by atoms with Crippen LogP contribution in [-0.4, -0.2) is 101 Å². The first-order valence-corrected chi connectivity index (χ1v) is 41.2. The van der Waals surface area contributed by atoms with E-state index in [-0.39, 0.29) is 71.7 Å². The molecule has 2 heterocycles. The van der Waals surface area contributed by atoms with Crippen LogP contribution < -0.4 is 43.2 Å². The highest BCUT2D eigenvalue weighted by atomic mass is 32.2. The van der Waals surface area contributed by atoms with E-state index < -0.39 is 101 Å². The van der Waals surface area contributed by atoms with Crippen LogP contribution in [0.3, 0.4) is 0 Å². The molecule has 0 radical (unpaired) electrons. The molecule has 9 aromatic carbocycles. The zero-order valence-electron chi connectivity index (χ0n) is 72.4. The van der Waals surface area contributed by atoms with Gasteiger partial charge in [0.2, 0.25) is 9.84 Å². The molecule has 0 fully saturated rings. The molecule has 0 unspecified atom stereocenters. The van der Waals surface area contributed by atoms with Crippen molar-refractivity contribution in [2.24, 2.45) is 0 Å². The lowest BCUT2D eigenvalue weighted by molar-refractivity contribution is -0.274. The number of hydrogen-bond donors (Lipinski definition) is 2. The average molecular weight is 1930 g/mol. The van der Waals surface area contributed by atoms with Crippen molar-refractivity contribution in [3.63, 3.8) is 0 Å². The molecule has 2 N–H and O–H groups in total. The van der Waals surface area contributed by atoms with Crippen LogP contribution in [-0.2, 0) is 51.2 Å². The maximum Gasteiger partial charge on any atom is 0.573 e. The van der Waals surface area contributed by atoms with E-state index in [1.54, 1.807) is 91.1 Å². The molecule has 0 bridgehead atoms. The molecule has 0 aliphatic heterocycles. The fourth-order valence-electron chi connectivity index (χ4n) is 10.5. The maximum absolute atomic E-state index is 12.8. The zero-order valence-corrected chi connectivity index (χ0v) is 74.0. The summed E-state index contributed by atoms with van der Waals surface area (Å²) < 4.78 is 335. The summed E-state index contributed by atoms with van der Waals surface area (Å²) in [5, 5.41) is 2.64. The van der Waals surface area contributed by atoms with E-state index in [4.69, 9.17) is 17.7 Å². The summed E-state index contributed by atoms with van der Waals surface area (Å²) in [6.45, 7) is 9.69. The topological polar surface area (TPSA) is 234 Å². The molecule has 0 aliphatic carbocycles. The third-order valence-corrected chi connectivity index (χ3v) is 18.9. The largest absolute Gasteiger partial charge is 0.573 e. The minimum absolute atomic E-state index is 0.0428. The van der Waals surface area contributed by atoms with Crippen LogP contribution >= 0.6 is 0 Å². The second-order valence-electron chi connectivity index (χ2n) is 31.1. The van der Waals surface area contributed by atoms with Crippen molar-refractivity contribution in [3.8, 4) is 68.4 Å². The molecular weight excluding hydrogens is 1840 g/mol. The van der Waals surface area contributed by atoms with Gasteiger partial charge in [0.25, 0.3) is 0 Å². The minimum atomic E-state index is -5.84. The van der Waals surface area contributed by atoms with E-state index in [2.05, 4.69) is 63.9 Å². The minimum Gasteiger partial charge on any atom is -0.435 e. The van der Waals surface area contributed by atoms with E-state index in [9.17, 15) is 110 Å². The Kier molecular flexibility index (Phi) is 41.6. The number of carbonyl (C=O) groups is 2. The second-order valence-corrected chi connectivity index (χ2v) is 34.5. The molecule has 1 amide bonds. The molecule has 0 spiro atoms. The molecule has 132 heavy (non-hydrogen) atoms. The first-order chi connectivity index (χ1) is 60.8. The highest BCUT2D eigenvalue weighted by Crippen LogP contribution is 2.40. The van der Waals surface area contributed by atoms with Gasteiger partial charge in [-0.2, -0.15) is 87.4 Å². The summed E-state index contributed by atoms with van der Waals surface area (Å²) in [6, 6.07) is 61.9. The quantitative estimate of drug-likeness (QED) is 0.0252. The molecule has 11 rings (SSSR count). The SMILES string of the molecule is CC(=O)Oc1cccc(OC(F)F)c1.CC(C)(C)c1ccc(-c2ccc(C(C)(C)C)cc2OC(F)F)cc1.CC(C)(C)c1ccc(OC(F)F)c(C(C)(C)C)n1.Cc1ccc(NC(=O)C(F)(F)F)c(OC(F)F)c1.FC(F)(F)Oc1cccc2ccccc12.FC(F)Oc1cccc(-c2ccccn2)c1.O=S(=O)(O)C(F)(F)F.O=S(=O)(c1ccccc1)c1cccc(OC(F)F)c1. The molecule has 0 saturated heterocycles. The Morgan fingerprint density at radius 1 is 0.402 bits per heavy atom. The lowest BCUT2D eigenvalue weighted by atomic mass is 9.84. The standard InChI is InChI=1S/C21H26F2O.C14H21F2NO.C13H10F2O3S.C12H9F2NO.C11H7F3O.C10H8F5NO2.C9H8F2O3.CHF3O3S/c1-20(2,3)15-9-7-14(8-10-15)17-12-11-16(21(4,5)6)13-18(17)24-19(22)23;1-13(2,3)10-8-7-9(18-12(15)16)11(17-10)14(4,5)6;14-13(15)18-10-5-4-8-12(9-10)19(16,17)11-6-2-1-3-7-11;13-12(14)16-10-5-3-4-9(8-10)11-6-1-2-7-15-11;12-11(13,14)15-10-7-3-5-8-4-1-2-6-9(8)10;1-5-2-3-6(7(4-5)18-9(11)12)16-8(17)10(13,14)15;1-6(12)13-7-3-2-4-8(5-7)14-9(10)11;2-1(3,4)8(5,6)7/h7-13,19H,1-6H3;7-8,12H,1-6H3;1-9,13H;1-8,12H;1-7H;2-4,9H,1H3,(H,16,17);2-5,9H,1H3;(H,5,6,7). The van der Waals surface area contributed by atoms with Crippen molar-refractivity contribution in [1.82, 2.24) is 9.97 Å². The number of nitrogens with one attached hydrogen (secondary N) is 1. The highest BCUT2D eigenvalue weighted by molar-refractivity contribution is 7.91. The van der Waals surface area contributed by atoms with Crippen LogP contribution in [0.5, 0.6) is 46.0 Å². The van der Waals surface area contributed by atoms with Gasteiger partial charge in [-0.05, 0) is 149 Å². The Morgan fingerprint density at radius 3 is 1.36 bits per heavy atom. The molecule has 0 aliphatic rings. The normalized spacial score (nSPS) is 11.8. The van der Waals surface area contributed by atoms with Crippen LogP contribution in [0.25, 0.3) is 33.2 Å². The first kappa shape index (κ1) is 112. The van der Waals surface area contributed by atoms with E-state index >= 15 is 0 Å². The van der Waals surface area contributed by atoms with Gasteiger partial charge in [-0.3, -0.25) is 24.1 Å². The van der Waals surface area contributed by atoms with Crippen molar-refractivity contribution >= 4 is 48.3 Å². The van der Waals surface area contributed by atoms with Crippen LogP contribution in [0.2, 0.25) is 0 Å². The molecule has 0 atom stereocenters. The number of ether oxygens (including phenoxy) is 8. The number of hydrogen-bond acceptors (Lipinski definition) is 16. The number of sulfone groups is 1. The number of benzene rings is 9. The van der Waals surface area contributed by atoms with Crippen LogP contribution in [0.15, 0.2) is 253 Å². The van der Waals surface area contributed by atoms with Gasteiger partial charge in [-0.15, -0.1) is 13.2 Å². The van der Waals surface area contributed by atoms with Gasteiger partial charge in [0, 0.05) is 52.2 Å². The second kappa shape index (κ2) is 49.1. The van der Waals surface area contributed by atoms with Crippen LogP contribution in [0.1, 0.15) is 118 Å². The number of aromatic nitrogens is 2. The Morgan fingerprint density at radius 2 is 0.864 bits per heavy atom. The van der Waals surface area contributed by atoms with Gasteiger partial charge in [0.15, 0.2) is 0 Å². The van der Waals surface area contributed by atoms with E-state index in [0.29, 0.717) is 22.2 Å². The molecule has 718 valence electrons. The summed E-state index contributed by atoms with van der Waals surface area (Å²) in [7, 11) is -9.56. The van der Waals surface area contributed by atoms with Crippen molar-refractivity contribution in [3.05, 3.63) is 271 Å². The van der Waals surface area contributed by atoms with Crippen molar-refractivity contribution < 1.29 is 161 Å².